The Kier molecular flexibility index (Phi) is 4.43. The summed E-state index contributed by atoms with van der Waals surface area (Å²) >= 11 is 0. The largest absolute Gasteiger partial charge is 0.493 e. The second-order valence-corrected chi connectivity index (χ2v) is 3.30. The molecular formula is C13H14O2. The van der Waals surface area contributed by atoms with E-state index in [9.17, 15) is 4.79 Å². The Hall–Kier alpha value is -1.75. The van der Waals surface area contributed by atoms with Crippen molar-refractivity contribution < 1.29 is 9.53 Å². The van der Waals surface area contributed by atoms with Gasteiger partial charge < -0.3 is 4.74 Å². The smallest absolute Gasteiger partial charge is 0.150 e. The lowest BCUT2D eigenvalue weighted by Gasteiger charge is -2.08. The van der Waals surface area contributed by atoms with Gasteiger partial charge in [0.2, 0.25) is 0 Å². The fraction of sp³-hybridized carbons (Fsp3) is 0.308. The van der Waals surface area contributed by atoms with Crippen LogP contribution in [0.5, 0.6) is 5.75 Å². The van der Waals surface area contributed by atoms with E-state index in [1.54, 1.807) is 6.07 Å². The lowest BCUT2D eigenvalue weighted by Crippen LogP contribution is -1.98. The topological polar surface area (TPSA) is 26.3 Å². The molecule has 15 heavy (non-hydrogen) atoms. The first-order chi connectivity index (χ1) is 7.27. The summed E-state index contributed by atoms with van der Waals surface area (Å²) in [6.07, 6.45) is 7.54. The van der Waals surface area contributed by atoms with Gasteiger partial charge in [-0.05, 0) is 37.1 Å². The molecule has 0 saturated heterocycles. The molecule has 0 N–H and O–H groups in total. The zero-order valence-electron chi connectivity index (χ0n) is 8.82. The SMILES string of the molecule is C#CCCCOc1ccc(C=O)cc1C. The Labute approximate surface area is 90.3 Å². The number of unbranched alkanes of at least 4 members (excludes halogenated alkanes) is 1. The van der Waals surface area contributed by atoms with Crippen LogP contribution in [-0.4, -0.2) is 12.9 Å². The molecule has 0 aliphatic rings. The molecule has 0 spiro atoms. The van der Waals surface area contributed by atoms with Crippen molar-refractivity contribution in [3.63, 3.8) is 0 Å². The van der Waals surface area contributed by atoms with Gasteiger partial charge in [-0.2, -0.15) is 0 Å². The Morgan fingerprint density at radius 2 is 2.33 bits per heavy atom. The Morgan fingerprint density at radius 1 is 1.53 bits per heavy atom. The van der Waals surface area contributed by atoms with Crippen LogP contribution in [0.3, 0.4) is 0 Å². The number of carbonyl (C=O) groups is 1. The zero-order valence-corrected chi connectivity index (χ0v) is 8.82. The maximum Gasteiger partial charge on any atom is 0.150 e. The zero-order chi connectivity index (χ0) is 11.1. The van der Waals surface area contributed by atoms with Crippen LogP contribution in [0.1, 0.15) is 28.8 Å². The highest BCUT2D eigenvalue weighted by atomic mass is 16.5. The summed E-state index contributed by atoms with van der Waals surface area (Å²) in [5, 5.41) is 0. The van der Waals surface area contributed by atoms with E-state index in [2.05, 4.69) is 5.92 Å². The number of hydrogen-bond acceptors (Lipinski definition) is 2. The average molecular weight is 202 g/mol. The molecule has 0 heterocycles. The van der Waals surface area contributed by atoms with E-state index in [4.69, 9.17) is 11.2 Å². The fourth-order valence-electron chi connectivity index (χ4n) is 1.26. The Bertz CT molecular complexity index is 375. The molecule has 2 heteroatoms. The summed E-state index contributed by atoms with van der Waals surface area (Å²) < 4.78 is 5.53. The molecule has 0 atom stereocenters. The molecule has 1 rings (SSSR count). The third-order valence-electron chi connectivity index (χ3n) is 2.06. The van der Waals surface area contributed by atoms with Crippen molar-refractivity contribution in [1.29, 1.82) is 0 Å². The van der Waals surface area contributed by atoms with E-state index in [1.165, 1.54) is 0 Å². The van der Waals surface area contributed by atoms with Gasteiger partial charge in [0, 0.05) is 12.0 Å². The second kappa shape index (κ2) is 5.87. The third kappa shape index (κ3) is 3.47. The quantitative estimate of drug-likeness (QED) is 0.417. The fourth-order valence-corrected chi connectivity index (χ4v) is 1.26. The lowest BCUT2D eigenvalue weighted by molar-refractivity contribution is 0.112. The first-order valence-corrected chi connectivity index (χ1v) is 4.90. The maximum absolute atomic E-state index is 10.5. The number of carbonyl (C=O) groups excluding carboxylic acids is 1. The molecule has 78 valence electrons. The molecule has 1 aromatic carbocycles. The number of aryl methyl sites for hydroxylation is 1. The molecule has 0 aromatic heterocycles. The van der Waals surface area contributed by atoms with Crippen LogP contribution in [0.15, 0.2) is 18.2 Å². The van der Waals surface area contributed by atoms with Crippen LogP contribution in [0.25, 0.3) is 0 Å². The van der Waals surface area contributed by atoms with E-state index in [-0.39, 0.29) is 0 Å². The molecule has 1 aromatic rings. The number of rotatable bonds is 5. The normalized spacial score (nSPS) is 9.33. The highest BCUT2D eigenvalue weighted by Crippen LogP contribution is 2.18. The van der Waals surface area contributed by atoms with Crippen molar-refractivity contribution in [2.75, 3.05) is 6.61 Å². The van der Waals surface area contributed by atoms with Gasteiger partial charge in [-0.3, -0.25) is 4.79 Å². The first kappa shape index (κ1) is 11.3. The molecule has 0 fully saturated rings. The van der Waals surface area contributed by atoms with Crippen LogP contribution in [-0.2, 0) is 0 Å². The van der Waals surface area contributed by atoms with E-state index in [0.717, 1.165) is 30.4 Å². The third-order valence-corrected chi connectivity index (χ3v) is 2.06. The number of ether oxygens (including phenoxy) is 1. The summed E-state index contributed by atoms with van der Waals surface area (Å²) in [6.45, 7) is 2.54. The van der Waals surface area contributed by atoms with Crippen molar-refractivity contribution in [1.82, 2.24) is 0 Å². The van der Waals surface area contributed by atoms with Crippen LogP contribution in [0.4, 0.5) is 0 Å². The summed E-state index contributed by atoms with van der Waals surface area (Å²) in [4.78, 5) is 10.5. The minimum atomic E-state index is 0.617. The van der Waals surface area contributed by atoms with Crippen molar-refractivity contribution in [2.45, 2.75) is 19.8 Å². The van der Waals surface area contributed by atoms with Crippen molar-refractivity contribution in [3.8, 4) is 18.1 Å². The molecule has 0 bridgehead atoms. The molecule has 2 nitrogen and oxygen atoms in total. The molecule has 0 radical (unpaired) electrons. The van der Waals surface area contributed by atoms with Crippen molar-refractivity contribution >= 4 is 6.29 Å². The van der Waals surface area contributed by atoms with Gasteiger partial charge in [-0.1, -0.05) is 0 Å². The van der Waals surface area contributed by atoms with Crippen LogP contribution in [0, 0.1) is 19.3 Å². The van der Waals surface area contributed by atoms with Gasteiger partial charge in [0.05, 0.1) is 6.61 Å². The molecule has 0 amide bonds. The summed E-state index contributed by atoms with van der Waals surface area (Å²) in [7, 11) is 0. The number of aldehydes is 1. The summed E-state index contributed by atoms with van der Waals surface area (Å²) in [6, 6.07) is 5.37. The summed E-state index contributed by atoms with van der Waals surface area (Å²) in [5.74, 6) is 3.38. The predicted molar refractivity (Wildman–Crippen MR) is 60.1 cm³/mol. The van der Waals surface area contributed by atoms with Crippen molar-refractivity contribution in [3.05, 3.63) is 29.3 Å². The van der Waals surface area contributed by atoms with Crippen LogP contribution in [0.2, 0.25) is 0 Å². The Morgan fingerprint density at radius 3 is 2.93 bits per heavy atom. The minimum absolute atomic E-state index is 0.617. The highest BCUT2D eigenvalue weighted by molar-refractivity contribution is 5.75. The standard InChI is InChI=1S/C13H14O2/c1-3-4-5-8-15-13-7-6-12(10-14)9-11(13)2/h1,6-7,9-10H,4-5,8H2,2H3. The second-order valence-electron chi connectivity index (χ2n) is 3.30. The van der Waals surface area contributed by atoms with Crippen molar-refractivity contribution in [2.24, 2.45) is 0 Å². The number of benzene rings is 1. The van der Waals surface area contributed by atoms with E-state index >= 15 is 0 Å². The predicted octanol–water partition coefficient (Wildman–Crippen LogP) is 2.60. The minimum Gasteiger partial charge on any atom is -0.493 e. The molecule has 0 unspecified atom stereocenters. The number of terminal acetylenes is 1. The van der Waals surface area contributed by atoms with E-state index in [0.29, 0.717) is 12.2 Å². The molecule has 0 aliphatic carbocycles. The van der Waals surface area contributed by atoms with E-state index in [1.807, 2.05) is 19.1 Å². The van der Waals surface area contributed by atoms with Crippen LogP contribution < -0.4 is 4.74 Å². The van der Waals surface area contributed by atoms with Gasteiger partial charge in [-0.15, -0.1) is 12.3 Å². The van der Waals surface area contributed by atoms with Gasteiger partial charge in [0.15, 0.2) is 0 Å². The molecule has 0 saturated carbocycles. The maximum atomic E-state index is 10.5. The molecular weight excluding hydrogens is 188 g/mol. The average Bonchev–Trinajstić information content (AvgIpc) is 2.26. The highest BCUT2D eigenvalue weighted by Gasteiger charge is 2.00. The monoisotopic (exact) mass is 202 g/mol. The van der Waals surface area contributed by atoms with Gasteiger partial charge >= 0.3 is 0 Å². The summed E-state index contributed by atoms with van der Waals surface area (Å²) in [5.41, 5.74) is 1.64. The van der Waals surface area contributed by atoms with Gasteiger partial charge in [0.1, 0.15) is 12.0 Å². The first-order valence-electron chi connectivity index (χ1n) is 4.90. The van der Waals surface area contributed by atoms with Gasteiger partial charge in [-0.25, -0.2) is 0 Å². The molecule has 0 aliphatic heterocycles. The number of hydrogen-bond donors (Lipinski definition) is 0. The van der Waals surface area contributed by atoms with E-state index < -0.39 is 0 Å². The van der Waals surface area contributed by atoms with Gasteiger partial charge in [0.25, 0.3) is 0 Å². The van der Waals surface area contributed by atoms with Crippen LogP contribution >= 0.6 is 0 Å². The lowest BCUT2D eigenvalue weighted by atomic mass is 10.1. The Balaban J connectivity index is 2.55.